The Morgan fingerprint density at radius 3 is 2.73 bits per heavy atom. The molecule has 3 aromatic heterocycles. The number of rotatable bonds is 7. The van der Waals surface area contributed by atoms with Crippen molar-refractivity contribution in [3.63, 3.8) is 0 Å². The molecule has 2 amide bonds. The van der Waals surface area contributed by atoms with Gasteiger partial charge in [-0.2, -0.15) is 0 Å². The molecule has 2 aromatic carbocycles. The number of para-hydroxylation sites is 1. The second-order valence-electron chi connectivity index (χ2n) is 9.77. The summed E-state index contributed by atoms with van der Waals surface area (Å²) in [5, 5.41) is 16.5. The van der Waals surface area contributed by atoms with Crippen molar-refractivity contribution in [1.29, 1.82) is 0 Å². The quantitative estimate of drug-likeness (QED) is 0.293. The average Bonchev–Trinajstić information content (AvgIpc) is 3.66. The summed E-state index contributed by atoms with van der Waals surface area (Å²) in [4.78, 5) is 32.0. The summed E-state index contributed by atoms with van der Waals surface area (Å²) in [5.41, 5.74) is 4.13. The Bertz CT molecular complexity index is 1670. The SMILES string of the molecule is O=C(NCc1cn(Cc2cccc3cccnc23)nn1)C1CCN(C(=O)c2cc(-c3cccc(Br)c3)no2)CC1. The van der Waals surface area contributed by atoms with Gasteiger partial charge in [0.2, 0.25) is 11.7 Å². The van der Waals surface area contributed by atoms with Crippen LogP contribution in [0, 0.1) is 5.92 Å². The number of carbonyl (C=O) groups is 2. The van der Waals surface area contributed by atoms with Gasteiger partial charge >= 0.3 is 0 Å². The largest absolute Gasteiger partial charge is 0.350 e. The van der Waals surface area contributed by atoms with Crippen molar-refractivity contribution >= 4 is 38.6 Å². The molecule has 1 N–H and O–H groups in total. The van der Waals surface area contributed by atoms with E-state index in [0.29, 0.717) is 50.4 Å². The summed E-state index contributed by atoms with van der Waals surface area (Å²) in [7, 11) is 0. The standard InChI is InChI=1S/C29H26BrN7O3/c30-23-8-2-5-21(14-23)25-15-26(40-34-25)29(39)36-12-9-20(10-13-36)28(38)32-16-24-18-37(35-33-24)17-22-6-1-4-19-7-3-11-31-27(19)22/h1-8,11,14-15,18,20H,9-10,12-13,16-17H2,(H,32,38). The van der Waals surface area contributed by atoms with Gasteiger partial charge in [0.15, 0.2) is 0 Å². The first-order chi connectivity index (χ1) is 19.5. The zero-order valence-electron chi connectivity index (χ0n) is 21.5. The number of aromatic nitrogens is 5. The number of likely N-dealkylation sites (tertiary alicyclic amines) is 1. The van der Waals surface area contributed by atoms with Crippen molar-refractivity contribution in [2.75, 3.05) is 13.1 Å². The Labute approximate surface area is 238 Å². The number of benzene rings is 2. The lowest BCUT2D eigenvalue weighted by Gasteiger charge is -2.30. The van der Waals surface area contributed by atoms with E-state index < -0.39 is 0 Å². The first kappa shape index (κ1) is 25.9. The molecule has 0 unspecified atom stereocenters. The van der Waals surface area contributed by atoms with Crippen LogP contribution in [0.15, 0.2) is 82.1 Å². The second-order valence-corrected chi connectivity index (χ2v) is 10.7. The van der Waals surface area contributed by atoms with Gasteiger partial charge in [0.25, 0.3) is 5.91 Å². The van der Waals surface area contributed by atoms with Gasteiger partial charge in [0.1, 0.15) is 11.4 Å². The third-order valence-electron chi connectivity index (χ3n) is 7.07. The molecular weight excluding hydrogens is 574 g/mol. The minimum Gasteiger partial charge on any atom is -0.350 e. The van der Waals surface area contributed by atoms with E-state index in [9.17, 15) is 9.59 Å². The molecule has 10 nitrogen and oxygen atoms in total. The highest BCUT2D eigenvalue weighted by atomic mass is 79.9. The minimum absolute atomic E-state index is 0.0449. The Balaban J connectivity index is 0.993. The third kappa shape index (κ3) is 5.64. The normalized spacial score (nSPS) is 14.0. The summed E-state index contributed by atoms with van der Waals surface area (Å²) in [6.45, 7) is 1.78. The van der Waals surface area contributed by atoms with Crippen molar-refractivity contribution in [3.8, 4) is 11.3 Å². The lowest BCUT2D eigenvalue weighted by atomic mass is 9.95. The molecule has 11 heteroatoms. The Morgan fingerprint density at radius 2 is 1.88 bits per heavy atom. The average molecular weight is 600 g/mol. The van der Waals surface area contributed by atoms with E-state index in [0.717, 1.165) is 26.5 Å². The van der Waals surface area contributed by atoms with Crippen LogP contribution in [0.1, 0.15) is 34.7 Å². The lowest BCUT2D eigenvalue weighted by Crippen LogP contribution is -2.42. The molecular formula is C29H26BrN7O3. The van der Waals surface area contributed by atoms with Crippen molar-refractivity contribution in [3.05, 3.63) is 94.5 Å². The highest BCUT2D eigenvalue weighted by molar-refractivity contribution is 9.10. The van der Waals surface area contributed by atoms with Gasteiger partial charge in [0.05, 0.1) is 24.8 Å². The molecule has 0 radical (unpaired) electrons. The van der Waals surface area contributed by atoms with Gasteiger partial charge in [0, 0.05) is 46.7 Å². The van der Waals surface area contributed by atoms with E-state index in [1.165, 1.54) is 0 Å². The number of halogens is 1. The van der Waals surface area contributed by atoms with Crippen LogP contribution in [0.5, 0.6) is 0 Å². The molecule has 1 aliphatic rings. The Morgan fingerprint density at radius 1 is 1.05 bits per heavy atom. The summed E-state index contributed by atoms with van der Waals surface area (Å²) in [6, 6.07) is 19.3. The molecule has 40 heavy (non-hydrogen) atoms. The molecule has 1 aliphatic heterocycles. The maximum absolute atomic E-state index is 13.0. The number of carbonyl (C=O) groups excluding carboxylic acids is 2. The highest BCUT2D eigenvalue weighted by Gasteiger charge is 2.29. The maximum atomic E-state index is 13.0. The van der Waals surface area contributed by atoms with Crippen molar-refractivity contribution in [2.45, 2.75) is 25.9 Å². The fourth-order valence-electron chi connectivity index (χ4n) is 4.95. The summed E-state index contributed by atoms with van der Waals surface area (Å²) in [6.07, 6.45) is 4.77. The summed E-state index contributed by atoms with van der Waals surface area (Å²) < 4.78 is 8.01. The van der Waals surface area contributed by atoms with Crippen LogP contribution in [-0.2, 0) is 17.9 Å². The van der Waals surface area contributed by atoms with Gasteiger partial charge in [-0.05, 0) is 36.6 Å². The van der Waals surface area contributed by atoms with Crippen molar-refractivity contribution < 1.29 is 14.1 Å². The molecule has 5 aromatic rings. The molecule has 0 saturated carbocycles. The molecule has 1 fully saturated rings. The van der Waals surface area contributed by atoms with E-state index in [1.54, 1.807) is 21.8 Å². The molecule has 4 heterocycles. The molecule has 0 spiro atoms. The number of pyridine rings is 1. The van der Waals surface area contributed by atoms with Crippen LogP contribution in [0.4, 0.5) is 0 Å². The van der Waals surface area contributed by atoms with E-state index in [-0.39, 0.29) is 23.5 Å². The van der Waals surface area contributed by atoms with E-state index in [2.05, 4.69) is 41.7 Å². The molecule has 0 atom stereocenters. The fourth-order valence-corrected chi connectivity index (χ4v) is 5.35. The smallest absolute Gasteiger partial charge is 0.292 e. The number of hydrogen-bond acceptors (Lipinski definition) is 7. The minimum atomic E-state index is -0.217. The topological polar surface area (TPSA) is 119 Å². The van der Waals surface area contributed by atoms with E-state index in [1.807, 2.05) is 60.8 Å². The number of amides is 2. The molecule has 202 valence electrons. The zero-order valence-corrected chi connectivity index (χ0v) is 23.1. The fraction of sp³-hybridized carbons (Fsp3) is 0.241. The van der Waals surface area contributed by atoms with Crippen LogP contribution in [0.3, 0.4) is 0 Å². The maximum Gasteiger partial charge on any atom is 0.292 e. The van der Waals surface area contributed by atoms with Crippen molar-refractivity contribution in [1.82, 2.24) is 35.4 Å². The Kier molecular flexibility index (Phi) is 7.37. The molecule has 0 bridgehead atoms. The van der Waals surface area contributed by atoms with Gasteiger partial charge in [-0.3, -0.25) is 14.6 Å². The van der Waals surface area contributed by atoms with Crippen LogP contribution in [0.2, 0.25) is 0 Å². The van der Waals surface area contributed by atoms with Crippen LogP contribution in [0.25, 0.3) is 22.2 Å². The monoisotopic (exact) mass is 599 g/mol. The number of fused-ring (bicyclic) bond motifs is 1. The second kappa shape index (κ2) is 11.4. The van der Waals surface area contributed by atoms with Gasteiger partial charge in [-0.25, -0.2) is 4.68 Å². The number of piperidine rings is 1. The third-order valence-corrected chi connectivity index (χ3v) is 7.57. The van der Waals surface area contributed by atoms with Gasteiger partial charge in [-0.15, -0.1) is 5.10 Å². The highest BCUT2D eigenvalue weighted by Crippen LogP contribution is 2.25. The summed E-state index contributed by atoms with van der Waals surface area (Å²) in [5.74, 6) is -0.241. The predicted molar refractivity (Wildman–Crippen MR) is 151 cm³/mol. The molecule has 1 saturated heterocycles. The van der Waals surface area contributed by atoms with Crippen LogP contribution in [-0.4, -0.2) is 54.9 Å². The van der Waals surface area contributed by atoms with E-state index >= 15 is 0 Å². The number of hydrogen-bond donors (Lipinski definition) is 1. The molecule has 6 rings (SSSR count). The van der Waals surface area contributed by atoms with E-state index in [4.69, 9.17) is 4.52 Å². The number of nitrogens with zero attached hydrogens (tertiary/aromatic N) is 6. The van der Waals surface area contributed by atoms with Crippen molar-refractivity contribution in [2.24, 2.45) is 5.92 Å². The summed E-state index contributed by atoms with van der Waals surface area (Å²) >= 11 is 3.44. The zero-order chi connectivity index (χ0) is 27.5. The first-order valence-electron chi connectivity index (χ1n) is 13.0. The Hall–Kier alpha value is -4.38. The van der Waals surface area contributed by atoms with Crippen LogP contribution < -0.4 is 5.32 Å². The number of nitrogens with one attached hydrogen (secondary N) is 1. The van der Waals surface area contributed by atoms with Gasteiger partial charge in [-0.1, -0.05) is 62.7 Å². The molecule has 0 aliphatic carbocycles. The van der Waals surface area contributed by atoms with Gasteiger partial charge < -0.3 is 14.7 Å². The van der Waals surface area contributed by atoms with Crippen LogP contribution >= 0.6 is 15.9 Å². The lowest BCUT2D eigenvalue weighted by molar-refractivity contribution is -0.126. The predicted octanol–water partition coefficient (Wildman–Crippen LogP) is 4.46. The first-order valence-corrected chi connectivity index (χ1v) is 13.8.